The summed E-state index contributed by atoms with van der Waals surface area (Å²) in [6.45, 7) is 1.79. The molecule has 162 valence electrons. The number of nitrogens with one attached hydrogen (secondary N) is 2. The van der Waals surface area contributed by atoms with Crippen LogP contribution in [0.25, 0.3) is 22.0 Å². The first-order chi connectivity index (χ1) is 14.9. The van der Waals surface area contributed by atoms with Gasteiger partial charge in [0.1, 0.15) is 5.82 Å². The van der Waals surface area contributed by atoms with E-state index in [2.05, 4.69) is 15.3 Å². The first-order valence-corrected chi connectivity index (χ1v) is 10.4. The molecule has 0 spiro atoms. The van der Waals surface area contributed by atoms with Crippen LogP contribution in [0.2, 0.25) is 0 Å². The normalized spacial score (nSPS) is 18.3. The van der Waals surface area contributed by atoms with Crippen molar-refractivity contribution < 1.29 is 18.4 Å². The van der Waals surface area contributed by atoms with Crippen molar-refractivity contribution in [2.45, 2.75) is 44.7 Å². The number of carbonyl (C=O) groups is 2. The van der Waals surface area contributed by atoms with Crippen LogP contribution in [0.5, 0.6) is 0 Å². The molecule has 4 rings (SSSR count). The van der Waals surface area contributed by atoms with Gasteiger partial charge in [0.25, 0.3) is 5.91 Å². The summed E-state index contributed by atoms with van der Waals surface area (Å²) in [6, 6.07) is 5.93. The van der Waals surface area contributed by atoms with Crippen LogP contribution in [0.15, 0.2) is 36.7 Å². The van der Waals surface area contributed by atoms with E-state index in [1.165, 1.54) is 11.1 Å². The predicted octanol–water partition coefficient (Wildman–Crippen LogP) is 4.03. The Kier molecular flexibility index (Phi) is 5.71. The van der Waals surface area contributed by atoms with Gasteiger partial charge in [-0.15, -0.1) is 0 Å². The van der Waals surface area contributed by atoms with E-state index in [4.69, 9.17) is 0 Å². The molecule has 2 aromatic heterocycles. The fourth-order valence-corrected chi connectivity index (χ4v) is 4.17. The zero-order chi connectivity index (χ0) is 22.1. The Bertz CT molecular complexity index is 1140. The van der Waals surface area contributed by atoms with Crippen molar-refractivity contribution in [3.05, 3.63) is 54.0 Å². The molecule has 1 aromatic carbocycles. The molecule has 1 saturated carbocycles. The fourth-order valence-electron chi connectivity index (χ4n) is 4.17. The third kappa shape index (κ3) is 4.02. The van der Waals surface area contributed by atoms with Crippen molar-refractivity contribution in [2.24, 2.45) is 0 Å². The molecule has 2 heterocycles. The number of carbonyl (C=O) groups excluding carboxylic acids is 2. The Morgan fingerprint density at radius 2 is 2.06 bits per heavy atom. The minimum Gasteiger partial charge on any atom is -0.361 e. The van der Waals surface area contributed by atoms with Gasteiger partial charge in [-0.3, -0.25) is 9.59 Å². The van der Waals surface area contributed by atoms with E-state index in [0.717, 1.165) is 18.9 Å². The van der Waals surface area contributed by atoms with Gasteiger partial charge in [0.05, 0.1) is 0 Å². The summed E-state index contributed by atoms with van der Waals surface area (Å²) in [5, 5.41) is 3.35. The largest absolute Gasteiger partial charge is 0.361 e. The van der Waals surface area contributed by atoms with E-state index < -0.39 is 17.5 Å². The predicted molar refractivity (Wildman–Crippen MR) is 113 cm³/mol. The van der Waals surface area contributed by atoms with Gasteiger partial charge in [-0.25, -0.2) is 13.8 Å². The van der Waals surface area contributed by atoms with Crippen LogP contribution < -0.4 is 5.32 Å². The Balaban J connectivity index is 1.52. The van der Waals surface area contributed by atoms with Crippen LogP contribution in [-0.4, -0.2) is 45.8 Å². The summed E-state index contributed by atoms with van der Waals surface area (Å²) >= 11 is 0. The summed E-state index contributed by atoms with van der Waals surface area (Å²) in [5.41, 5.74) is 0.834. The summed E-state index contributed by atoms with van der Waals surface area (Å²) in [4.78, 5) is 32.9. The van der Waals surface area contributed by atoms with E-state index >= 15 is 0 Å². The molecule has 1 fully saturated rings. The number of rotatable bonds is 5. The summed E-state index contributed by atoms with van der Waals surface area (Å²) in [5.74, 6) is -1.81. The second-order valence-corrected chi connectivity index (χ2v) is 7.92. The second-order valence-electron chi connectivity index (χ2n) is 7.92. The zero-order valence-corrected chi connectivity index (χ0v) is 17.4. The summed E-state index contributed by atoms with van der Waals surface area (Å²) in [7, 11) is 1.62. The molecule has 0 aliphatic heterocycles. The number of fused-ring (bicyclic) bond motifs is 1. The fraction of sp³-hybridized carbons (Fsp3) is 0.348. The Morgan fingerprint density at radius 3 is 2.81 bits per heavy atom. The number of hydrogen-bond acceptors (Lipinski definition) is 3. The third-order valence-corrected chi connectivity index (χ3v) is 5.98. The highest BCUT2D eigenvalue weighted by molar-refractivity contribution is 5.93. The number of amides is 2. The van der Waals surface area contributed by atoms with Gasteiger partial charge in [0.2, 0.25) is 5.91 Å². The molecule has 0 saturated heterocycles. The van der Waals surface area contributed by atoms with Crippen molar-refractivity contribution in [3.63, 3.8) is 0 Å². The average Bonchev–Trinajstić information content (AvgIpc) is 3.43. The van der Waals surface area contributed by atoms with Gasteiger partial charge in [0, 0.05) is 60.0 Å². The Hall–Kier alpha value is -3.29. The molecule has 2 N–H and O–H groups in total. The van der Waals surface area contributed by atoms with Crippen molar-refractivity contribution >= 4 is 22.7 Å². The highest BCUT2D eigenvalue weighted by Gasteiger charge is 2.32. The highest BCUT2D eigenvalue weighted by atomic mass is 19.1. The minimum absolute atomic E-state index is 0.0132. The zero-order valence-electron chi connectivity index (χ0n) is 17.4. The van der Waals surface area contributed by atoms with E-state index in [1.807, 2.05) is 0 Å². The number of aromatic nitrogens is 2. The van der Waals surface area contributed by atoms with Crippen LogP contribution in [-0.2, 0) is 4.79 Å². The molecule has 0 bridgehead atoms. The molecule has 0 radical (unpaired) electrons. The van der Waals surface area contributed by atoms with Crippen LogP contribution >= 0.6 is 0 Å². The molecule has 6 nitrogen and oxygen atoms in total. The number of halogens is 2. The molecular formula is C23H24F2N4O2. The Morgan fingerprint density at radius 1 is 1.26 bits per heavy atom. The SMILES string of the molecule is CCC(=O)N[C@H]1CC[C@@H](N(C)C(=O)c2ncc(-c3ccc4[nH]ccc4c3F)cc2F)C1. The third-order valence-electron chi connectivity index (χ3n) is 5.98. The molecule has 2 amide bonds. The number of H-pyrrole nitrogens is 1. The molecular weight excluding hydrogens is 402 g/mol. The minimum atomic E-state index is -0.795. The molecule has 0 unspecified atom stereocenters. The van der Waals surface area contributed by atoms with Crippen LogP contribution in [0.1, 0.15) is 43.1 Å². The van der Waals surface area contributed by atoms with Gasteiger partial charge in [-0.05, 0) is 43.5 Å². The molecule has 1 aliphatic carbocycles. The molecule has 1 aliphatic rings. The molecule has 31 heavy (non-hydrogen) atoms. The summed E-state index contributed by atoms with van der Waals surface area (Å²) in [6.07, 6.45) is 5.47. The lowest BCUT2D eigenvalue weighted by molar-refractivity contribution is -0.121. The summed E-state index contributed by atoms with van der Waals surface area (Å²) < 4.78 is 29.6. The van der Waals surface area contributed by atoms with Crippen molar-refractivity contribution in [3.8, 4) is 11.1 Å². The number of nitrogens with zero attached hydrogens (tertiary/aromatic N) is 2. The standard InChI is InChI=1S/C23H24F2N4O2/c1-3-20(30)28-14-4-5-15(11-14)29(2)23(31)22-18(24)10-13(12-27-22)16-6-7-19-17(21(16)25)8-9-26-19/h6-10,12,14-15,26H,3-5,11H2,1-2H3,(H,28,30)/t14-,15+/m0/s1. The van der Waals surface area contributed by atoms with Crippen molar-refractivity contribution in [1.29, 1.82) is 0 Å². The molecule has 8 heteroatoms. The highest BCUT2D eigenvalue weighted by Crippen LogP contribution is 2.30. The van der Waals surface area contributed by atoms with E-state index in [9.17, 15) is 18.4 Å². The van der Waals surface area contributed by atoms with Crippen LogP contribution in [0.4, 0.5) is 8.78 Å². The topological polar surface area (TPSA) is 78.1 Å². The van der Waals surface area contributed by atoms with Gasteiger partial charge in [0.15, 0.2) is 11.5 Å². The average molecular weight is 426 g/mol. The maximum absolute atomic E-state index is 14.8. The van der Waals surface area contributed by atoms with Gasteiger partial charge in [-0.2, -0.15) is 0 Å². The van der Waals surface area contributed by atoms with E-state index in [1.54, 1.807) is 38.4 Å². The maximum atomic E-state index is 14.8. The Labute approximate surface area is 178 Å². The van der Waals surface area contributed by atoms with Crippen molar-refractivity contribution in [2.75, 3.05) is 7.05 Å². The molecule has 2 atom stereocenters. The van der Waals surface area contributed by atoms with Gasteiger partial charge >= 0.3 is 0 Å². The van der Waals surface area contributed by atoms with E-state index in [-0.39, 0.29) is 34.8 Å². The first-order valence-electron chi connectivity index (χ1n) is 10.4. The maximum Gasteiger partial charge on any atom is 0.275 e. The number of hydrogen-bond donors (Lipinski definition) is 2. The number of aromatic amines is 1. The smallest absolute Gasteiger partial charge is 0.275 e. The van der Waals surface area contributed by atoms with Crippen LogP contribution in [0.3, 0.4) is 0 Å². The lowest BCUT2D eigenvalue weighted by Crippen LogP contribution is -2.39. The second kappa shape index (κ2) is 8.45. The monoisotopic (exact) mass is 426 g/mol. The lowest BCUT2D eigenvalue weighted by atomic mass is 10.0. The van der Waals surface area contributed by atoms with Gasteiger partial charge in [-0.1, -0.05) is 6.92 Å². The lowest BCUT2D eigenvalue weighted by Gasteiger charge is -2.24. The number of benzene rings is 1. The van der Waals surface area contributed by atoms with Crippen LogP contribution in [0, 0.1) is 11.6 Å². The number of pyridine rings is 1. The molecule has 3 aromatic rings. The quantitative estimate of drug-likeness (QED) is 0.647. The first kappa shape index (κ1) is 21.0. The van der Waals surface area contributed by atoms with E-state index in [0.29, 0.717) is 23.7 Å². The van der Waals surface area contributed by atoms with Crippen molar-refractivity contribution in [1.82, 2.24) is 20.2 Å². The van der Waals surface area contributed by atoms with Gasteiger partial charge < -0.3 is 15.2 Å².